The molecule has 82 valence electrons. The second kappa shape index (κ2) is 5.89. The summed E-state index contributed by atoms with van der Waals surface area (Å²) in [6, 6.07) is 0.424. The van der Waals surface area contributed by atoms with Crippen molar-refractivity contribution in [3.8, 4) is 0 Å². The minimum atomic E-state index is -0.120. The van der Waals surface area contributed by atoms with E-state index in [0.717, 1.165) is 32.2 Å². The van der Waals surface area contributed by atoms with Gasteiger partial charge < -0.3 is 9.64 Å². The molecule has 0 aromatic carbocycles. The molecular weight excluding hydrogens is 178 g/mol. The lowest BCUT2D eigenvalue weighted by Crippen LogP contribution is -2.43. The highest BCUT2D eigenvalue weighted by molar-refractivity contribution is 5.68. The van der Waals surface area contributed by atoms with Crippen LogP contribution in [0.25, 0.3) is 0 Å². The van der Waals surface area contributed by atoms with E-state index in [-0.39, 0.29) is 6.09 Å². The topological polar surface area (TPSA) is 29.5 Å². The zero-order valence-electron chi connectivity index (χ0n) is 9.29. The third kappa shape index (κ3) is 2.89. The molecule has 1 aliphatic rings. The third-order valence-corrected chi connectivity index (χ3v) is 2.75. The Balaban J connectivity index is 2.48. The Bertz CT molecular complexity index is 180. The van der Waals surface area contributed by atoms with E-state index < -0.39 is 0 Å². The monoisotopic (exact) mass is 199 g/mol. The maximum absolute atomic E-state index is 11.6. The van der Waals surface area contributed by atoms with Crippen molar-refractivity contribution in [3.63, 3.8) is 0 Å². The van der Waals surface area contributed by atoms with Gasteiger partial charge in [0, 0.05) is 12.6 Å². The van der Waals surface area contributed by atoms with Crippen LogP contribution >= 0.6 is 0 Å². The molecule has 0 saturated carbocycles. The SMILES string of the molecule is CCC[C@@H]1CCCCN1C(=O)OCC. The fourth-order valence-electron chi connectivity index (χ4n) is 2.08. The summed E-state index contributed by atoms with van der Waals surface area (Å²) < 4.78 is 5.04. The lowest BCUT2D eigenvalue weighted by Gasteiger charge is -2.34. The number of carbonyl (C=O) groups is 1. The van der Waals surface area contributed by atoms with Crippen LogP contribution in [0.2, 0.25) is 0 Å². The van der Waals surface area contributed by atoms with Crippen molar-refractivity contribution in [2.45, 2.75) is 52.0 Å². The number of hydrogen-bond donors (Lipinski definition) is 0. The van der Waals surface area contributed by atoms with Crippen LogP contribution in [-0.2, 0) is 4.74 Å². The van der Waals surface area contributed by atoms with Crippen molar-refractivity contribution < 1.29 is 9.53 Å². The summed E-state index contributed by atoms with van der Waals surface area (Å²) >= 11 is 0. The van der Waals surface area contributed by atoms with Crippen LogP contribution in [0.1, 0.15) is 46.0 Å². The Hall–Kier alpha value is -0.730. The average molecular weight is 199 g/mol. The molecule has 3 heteroatoms. The smallest absolute Gasteiger partial charge is 0.409 e. The fourth-order valence-corrected chi connectivity index (χ4v) is 2.08. The molecule has 14 heavy (non-hydrogen) atoms. The van der Waals surface area contributed by atoms with Crippen molar-refractivity contribution >= 4 is 6.09 Å². The standard InChI is InChI=1S/C11H21NO2/c1-3-7-10-8-5-6-9-12(10)11(13)14-4-2/h10H,3-9H2,1-2H3/t10-/m1/s1. The van der Waals surface area contributed by atoms with Crippen LogP contribution in [0.5, 0.6) is 0 Å². The van der Waals surface area contributed by atoms with Crippen molar-refractivity contribution in [3.05, 3.63) is 0 Å². The Labute approximate surface area is 86.4 Å². The van der Waals surface area contributed by atoms with E-state index in [1.165, 1.54) is 6.42 Å². The van der Waals surface area contributed by atoms with Crippen LogP contribution in [0.3, 0.4) is 0 Å². The summed E-state index contributed by atoms with van der Waals surface area (Å²) in [5, 5.41) is 0. The molecule has 0 aromatic rings. The minimum absolute atomic E-state index is 0.120. The molecule has 3 nitrogen and oxygen atoms in total. The minimum Gasteiger partial charge on any atom is -0.450 e. The van der Waals surface area contributed by atoms with Gasteiger partial charge in [0.15, 0.2) is 0 Å². The second-order valence-electron chi connectivity index (χ2n) is 3.83. The van der Waals surface area contributed by atoms with Gasteiger partial charge in [-0.3, -0.25) is 0 Å². The zero-order chi connectivity index (χ0) is 10.4. The van der Waals surface area contributed by atoms with Crippen LogP contribution in [0, 0.1) is 0 Å². The Morgan fingerprint density at radius 3 is 2.86 bits per heavy atom. The van der Waals surface area contributed by atoms with Gasteiger partial charge in [-0.15, -0.1) is 0 Å². The molecular formula is C11H21NO2. The van der Waals surface area contributed by atoms with E-state index in [9.17, 15) is 4.79 Å². The molecule has 1 amide bonds. The van der Waals surface area contributed by atoms with Gasteiger partial charge in [-0.25, -0.2) is 4.79 Å². The summed E-state index contributed by atoms with van der Waals surface area (Å²) in [6.45, 7) is 5.38. The van der Waals surface area contributed by atoms with Crippen LogP contribution in [0.4, 0.5) is 4.79 Å². The molecule has 1 saturated heterocycles. The fraction of sp³-hybridized carbons (Fsp3) is 0.909. The molecule has 0 unspecified atom stereocenters. The molecule has 1 aliphatic heterocycles. The number of carbonyl (C=O) groups excluding carboxylic acids is 1. The maximum Gasteiger partial charge on any atom is 0.409 e. The van der Waals surface area contributed by atoms with E-state index in [1.54, 1.807) is 0 Å². The van der Waals surface area contributed by atoms with Gasteiger partial charge in [0.05, 0.1) is 6.61 Å². The Morgan fingerprint density at radius 1 is 1.43 bits per heavy atom. The van der Waals surface area contributed by atoms with E-state index in [0.29, 0.717) is 12.6 Å². The number of hydrogen-bond acceptors (Lipinski definition) is 2. The summed E-state index contributed by atoms with van der Waals surface area (Å²) in [6.07, 6.45) is 5.65. The largest absolute Gasteiger partial charge is 0.450 e. The first-order valence-electron chi connectivity index (χ1n) is 5.73. The van der Waals surface area contributed by atoms with Crippen LogP contribution in [0.15, 0.2) is 0 Å². The summed E-state index contributed by atoms with van der Waals surface area (Å²) in [5.74, 6) is 0. The molecule has 1 rings (SSSR count). The number of amides is 1. The van der Waals surface area contributed by atoms with Crippen LogP contribution < -0.4 is 0 Å². The number of piperidine rings is 1. The zero-order valence-corrected chi connectivity index (χ0v) is 9.29. The van der Waals surface area contributed by atoms with E-state index in [4.69, 9.17) is 4.74 Å². The van der Waals surface area contributed by atoms with Gasteiger partial charge in [0.2, 0.25) is 0 Å². The Morgan fingerprint density at radius 2 is 2.21 bits per heavy atom. The van der Waals surface area contributed by atoms with E-state index >= 15 is 0 Å². The lowest BCUT2D eigenvalue weighted by molar-refractivity contribution is 0.0743. The highest BCUT2D eigenvalue weighted by atomic mass is 16.6. The second-order valence-corrected chi connectivity index (χ2v) is 3.83. The van der Waals surface area contributed by atoms with Crippen molar-refractivity contribution in [1.82, 2.24) is 4.90 Å². The lowest BCUT2D eigenvalue weighted by atomic mass is 9.99. The number of rotatable bonds is 3. The molecule has 0 N–H and O–H groups in total. The molecule has 0 bridgehead atoms. The molecule has 1 fully saturated rings. The first kappa shape index (κ1) is 11.3. The van der Waals surface area contributed by atoms with Crippen molar-refractivity contribution in [1.29, 1.82) is 0 Å². The van der Waals surface area contributed by atoms with Gasteiger partial charge >= 0.3 is 6.09 Å². The summed E-state index contributed by atoms with van der Waals surface area (Å²) in [4.78, 5) is 13.5. The van der Waals surface area contributed by atoms with Gasteiger partial charge in [0.1, 0.15) is 0 Å². The maximum atomic E-state index is 11.6. The highest BCUT2D eigenvalue weighted by Gasteiger charge is 2.26. The predicted octanol–water partition coefficient (Wildman–Crippen LogP) is 2.80. The van der Waals surface area contributed by atoms with Crippen LogP contribution in [-0.4, -0.2) is 30.2 Å². The van der Waals surface area contributed by atoms with E-state index in [2.05, 4.69) is 6.92 Å². The first-order chi connectivity index (χ1) is 6.79. The molecule has 0 spiro atoms. The first-order valence-corrected chi connectivity index (χ1v) is 5.73. The third-order valence-electron chi connectivity index (χ3n) is 2.75. The molecule has 0 radical (unpaired) electrons. The van der Waals surface area contributed by atoms with Crippen molar-refractivity contribution in [2.75, 3.05) is 13.2 Å². The predicted molar refractivity (Wildman–Crippen MR) is 56.3 cm³/mol. The quantitative estimate of drug-likeness (QED) is 0.699. The summed E-state index contributed by atoms with van der Waals surface area (Å²) in [7, 11) is 0. The summed E-state index contributed by atoms with van der Waals surface area (Å²) in [5.41, 5.74) is 0. The number of likely N-dealkylation sites (tertiary alicyclic amines) is 1. The molecule has 1 atom stereocenters. The normalized spacial score (nSPS) is 22.1. The molecule has 1 heterocycles. The average Bonchev–Trinajstić information content (AvgIpc) is 2.19. The van der Waals surface area contributed by atoms with E-state index in [1.807, 2.05) is 11.8 Å². The molecule has 0 aliphatic carbocycles. The Kier molecular flexibility index (Phi) is 4.77. The van der Waals surface area contributed by atoms with Crippen molar-refractivity contribution in [2.24, 2.45) is 0 Å². The molecule has 0 aromatic heterocycles. The highest BCUT2D eigenvalue weighted by Crippen LogP contribution is 2.21. The van der Waals surface area contributed by atoms with Gasteiger partial charge in [-0.2, -0.15) is 0 Å². The number of nitrogens with zero attached hydrogens (tertiary/aromatic N) is 1. The number of ether oxygens (including phenoxy) is 1. The van der Waals surface area contributed by atoms with Gasteiger partial charge in [-0.05, 0) is 32.6 Å². The van der Waals surface area contributed by atoms with Gasteiger partial charge in [0.25, 0.3) is 0 Å². The van der Waals surface area contributed by atoms with Gasteiger partial charge in [-0.1, -0.05) is 13.3 Å².